The summed E-state index contributed by atoms with van der Waals surface area (Å²) in [6.07, 6.45) is 0.805. The standard InChI is InChI=1S/C16H26FN/c1-12(13(2)11-18-16(3,4)5)10-14-8-6-7-9-15(14)17/h6-9,12-13,18H,10-11H2,1-5H3. The zero-order valence-electron chi connectivity index (χ0n) is 12.3. The Kier molecular flexibility index (Phi) is 5.33. The van der Waals surface area contributed by atoms with E-state index in [4.69, 9.17) is 0 Å². The fraction of sp³-hybridized carbons (Fsp3) is 0.625. The Bertz CT molecular complexity index is 368. The van der Waals surface area contributed by atoms with Crippen LogP contribution in [-0.2, 0) is 6.42 Å². The van der Waals surface area contributed by atoms with Crippen molar-refractivity contribution in [2.24, 2.45) is 11.8 Å². The van der Waals surface area contributed by atoms with Gasteiger partial charge in [-0.25, -0.2) is 4.39 Å². The van der Waals surface area contributed by atoms with Crippen LogP contribution in [0.25, 0.3) is 0 Å². The minimum Gasteiger partial charge on any atom is -0.312 e. The van der Waals surface area contributed by atoms with Crippen molar-refractivity contribution in [3.05, 3.63) is 35.6 Å². The average Bonchev–Trinajstić information content (AvgIpc) is 2.28. The van der Waals surface area contributed by atoms with Gasteiger partial charge in [0.15, 0.2) is 0 Å². The van der Waals surface area contributed by atoms with Crippen LogP contribution >= 0.6 is 0 Å². The zero-order valence-corrected chi connectivity index (χ0v) is 12.3. The molecular formula is C16H26FN. The number of hydrogen-bond acceptors (Lipinski definition) is 1. The van der Waals surface area contributed by atoms with Gasteiger partial charge in [-0.1, -0.05) is 32.0 Å². The lowest BCUT2D eigenvalue weighted by molar-refractivity contribution is 0.315. The summed E-state index contributed by atoms with van der Waals surface area (Å²) >= 11 is 0. The largest absolute Gasteiger partial charge is 0.312 e. The maximum absolute atomic E-state index is 13.6. The molecule has 0 amide bonds. The molecule has 0 saturated carbocycles. The second-order valence-electron chi connectivity index (χ2n) is 6.38. The molecule has 102 valence electrons. The van der Waals surface area contributed by atoms with Gasteiger partial charge in [-0.3, -0.25) is 0 Å². The van der Waals surface area contributed by atoms with Gasteiger partial charge in [-0.05, 0) is 57.2 Å². The Balaban J connectivity index is 2.50. The lowest BCUT2D eigenvalue weighted by atomic mass is 9.89. The van der Waals surface area contributed by atoms with Gasteiger partial charge in [0.1, 0.15) is 5.82 Å². The Morgan fingerprint density at radius 2 is 1.72 bits per heavy atom. The maximum Gasteiger partial charge on any atom is 0.126 e. The highest BCUT2D eigenvalue weighted by atomic mass is 19.1. The molecule has 0 bridgehead atoms. The summed E-state index contributed by atoms with van der Waals surface area (Å²) in [5.41, 5.74) is 0.971. The van der Waals surface area contributed by atoms with Crippen molar-refractivity contribution in [3.8, 4) is 0 Å². The normalized spacial score (nSPS) is 15.4. The first-order valence-electron chi connectivity index (χ1n) is 6.78. The topological polar surface area (TPSA) is 12.0 Å². The highest BCUT2D eigenvalue weighted by Gasteiger charge is 2.17. The summed E-state index contributed by atoms with van der Waals surface area (Å²) in [5, 5.41) is 3.51. The van der Waals surface area contributed by atoms with E-state index in [1.54, 1.807) is 12.1 Å². The van der Waals surface area contributed by atoms with E-state index in [2.05, 4.69) is 39.9 Å². The molecule has 1 rings (SSSR count). The van der Waals surface area contributed by atoms with Crippen LogP contribution in [-0.4, -0.2) is 12.1 Å². The fourth-order valence-electron chi connectivity index (χ4n) is 1.88. The van der Waals surface area contributed by atoms with E-state index >= 15 is 0 Å². The molecule has 1 aromatic rings. The van der Waals surface area contributed by atoms with Gasteiger partial charge in [-0.15, -0.1) is 0 Å². The minimum absolute atomic E-state index is 0.0830. The zero-order chi connectivity index (χ0) is 13.8. The van der Waals surface area contributed by atoms with Gasteiger partial charge in [0.2, 0.25) is 0 Å². The van der Waals surface area contributed by atoms with Crippen LogP contribution in [0.3, 0.4) is 0 Å². The van der Waals surface area contributed by atoms with Crippen LogP contribution in [0.2, 0.25) is 0 Å². The number of rotatable bonds is 5. The smallest absolute Gasteiger partial charge is 0.126 e. The SMILES string of the molecule is CC(CNC(C)(C)C)C(C)Cc1ccccc1F. The quantitative estimate of drug-likeness (QED) is 0.833. The van der Waals surface area contributed by atoms with Crippen molar-refractivity contribution in [2.75, 3.05) is 6.54 Å². The van der Waals surface area contributed by atoms with Crippen molar-refractivity contribution in [2.45, 2.75) is 46.6 Å². The average molecular weight is 251 g/mol. The van der Waals surface area contributed by atoms with Crippen molar-refractivity contribution >= 4 is 0 Å². The van der Waals surface area contributed by atoms with Crippen LogP contribution in [0.1, 0.15) is 40.2 Å². The lowest BCUT2D eigenvalue weighted by Crippen LogP contribution is -2.40. The number of benzene rings is 1. The molecule has 0 aromatic heterocycles. The monoisotopic (exact) mass is 251 g/mol. The summed E-state index contributed by atoms with van der Waals surface area (Å²) in [7, 11) is 0. The van der Waals surface area contributed by atoms with Crippen LogP contribution in [0, 0.1) is 17.7 Å². The second-order valence-corrected chi connectivity index (χ2v) is 6.38. The van der Waals surface area contributed by atoms with E-state index in [-0.39, 0.29) is 11.4 Å². The molecule has 18 heavy (non-hydrogen) atoms. The van der Waals surface area contributed by atoms with E-state index in [9.17, 15) is 4.39 Å². The van der Waals surface area contributed by atoms with E-state index in [0.29, 0.717) is 11.8 Å². The molecule has 0 heterocycles. The summed E-state index contributed by atoms with van der Waals surface area (Å²) in [6.45, 7) is 11.9. The first-order valence-corrected chi connectivity index (χ1v) is 6.78. The van der Waals surface area contributed by atoms with Crippen molar-refractivity contribution in [1.82, 2.24) is 5.32 Å². The molecule has 1 N–H and O–H groups in total. The summed E-state index contributed by atoms with van der Waals surface area (Å²) in [4.78, 5) is 0. The Morgan fingerprint density at radius 3 is 2.28 bits per heavy atom. The molecule has 0 aliphatic rings. The van der Waals surface area contributed by atoms with Gasteiger partial charge in [0.25, 0.3) is 0 Å². The van der Waals surface area contributed by atoms with E-state index < -0.39 is 0 Å². The molecule has 1 aromatic carbocycles. The molecule has 0 spiro atoms. The second kappa shape index (κ2) is 6.33. The minimum atomic E-state index is -0.0830. The van der Waals surface area contributed by atoms with E-state index in [0.717, 1.165) is 18.5 Å². The third-order valence-electron chi connectivity index (χ3n) is 3.43. The molecule has 2 atom stereocenters. The summed E-state index contributed by atoms with van der Waals surface area (Å²) in [6, 6.07) is 7.08. The van der Waals surface area contributed by atoms with Crippen LogP contribution in [0.15, 0.2) is 24.3 Å². The summed E-state index contributed by atoms with van der Waals surface area (Å²) < 4.78 is 13.6. The van der Waals surface area contributed by atoms with Crippen LogP contribution in [0.5, 0.6) is 0 Å². The third kappa shape index (κ3) is 5.18. The highest BCUT2D eigenvalue weighted by molar-refractivity contribution is 5.17. The lowest BCUT2D eigenvalue weighted by Gasteiger charge is -2.26. The first-order chi connectivity index (χ1) is 8.29. The third-order valence-corrected chi connectivity index (χ3v) is 3.43. The Hall–Kier alpha value is -0.890. The molecule has 0 radical (unpaired) electrons. The van der Waals surface area contributed by atoms with Crippen LogP contribution < -0.4 is 5.32 Å². The molecule has 0 fully saturated rings. The molecule has 0 aliphatic heterocycles. The van der Waals surface area contributed by atoms with Crippen LogP contribution in [0.4, 0.5) is 4.39 Å². The molecule has 2 unspecified atom stereocenters. The predicted octanol–water partition coefficient (Wildman–Crippen LogP) is 4.03. The van der Waals surface area contributed by atoms with Gasteiger partial charge >= 0.3 is 0 Å². The van der Waals surface area contributed by atoms with E-state index in [1.807, 2.05) is 12.1 Å². The van der Waals surface area contributed by atoms with Crippen molar-refractivity contribution in [3.63, 3.8) is 0 Å². The molecule has 0 aliphatic carbocycles. The fourth-order valence-corrected chi connectivity index (χ4v) is 1.88. The molecule has 1 nitrogen and oxygen atoms in total. The van der Waals surface area contributed by atoms with Crippen molar-refractivity contribution < 1.29 is 4.39 Å². The predicted molar refractivity (Wildman–Crippen MR) is 76.2 cm³/mol. The summed E-state index contributed by atoms with van der Waals surface area (Å²) in [5.74, 6) is 0.918. The van der Waals surface area contributed by atoms with Crippen molar-refractivity contribution in [1.29, 1.82) is 0 Å². The molecule has 0 saturated heterocycles. The van der Waals surface area contributed by atoms with Gasteiger partial charge in [-0.2, -0.15) is 0 Å². The Labute approximate surface area is 111 Å². The maximum atomic E-state index is 13.6. The van der Waals surface area contributed by atoms with Gasteiger partial charge < -0.3 is 5.32 Å². The highest BCUT2D eigenvalue weighted by Crippen LogP contribution is 2.19. The number of hydrogen-bond donors (Lipinski definition) is 1. The Morgan fingerprint density at radius 1 is 1.11 bits per heavy atom. The van der Waals surface area contributed by atoms with Gasteiger partial charge in [0.05, 0.1) is 0 Å². The molecule has 2 heteroatoms. The first kappa shape index (κ1) is 15.2. The molecular weight excluding hydrogens is 225 g/mol. The van der Waals surface area contributed by atoms with Gasteiger partial charge in [0, 0.05) is 5.54 Å². The number of nitrogens with one attached hydrogen (secondary N) is 1. The number of halogens is 1. The van der Waals surface area contributed by atoms with E-state index in [1.165, 1.54) is 0 Å².